The third-order valence-corrected chi connectivity index (χ3v) is 3.31. The molecule has 0 aliphatic heterocycles. The molecule has 0 amide bonds. The van der Waals surface area contributed by atoms with Crippen LogP contribution in [0.5, 0.6) is 0 Å². The molecule has 3 nitrogen and oxygen atoms in total. The first kappa shape index (κ1) is 9.61. The largest absolute Gasteiger partial charge is 0.357 e. The van der Waals surface area contributed by atoms with E-state index < -0.39 is 0 Å². The van der Waals surface area contributed by atoms with Crippen LogP contribution in [-0.4, -0.2) is 15.4 Å². The Labute approximate surface area is 91.0 Å². The lowest BCUT2D eigenvalue weighted by Crippen LogP contribution is -2.17. The summed E-state index contributed by atoms with van der Waals surface area (Å²) >= 11 is 3.19. The summed E-state index contributed by atoms with van der Waals surface area (Å²) < 4.78 is 3.94. The second kappa shape index (κ2) is 4.52. The zero-order chi connectivity index (χ0) is 9.80. The molecular formula is C9H11N3S2. The lowest BCUT2D eigenvalue weighted by molar-refractivity contribution is 0.799. The summed E-state index contributed by atoms with van der Waals surface area (Å²) in [6.45, 7) is 2.15. The van der Waals surface area contributed by atoms with Gasteiger partial charge in [-0.2, -0.15) is 4.37 Å². The Bertz CT molecular complexity index is 319. The van der Waals surface area contributed by atoms with Crippen LogP contribution in [0.4, 0.5) is 5.13 Å². The first-order valence-electron chi connectivity index (χ1n) is 4.40. The maximum absolute atomic E-state index is 4.09. The lowest BCUT2D eigenvalue weighted by atomic mass is 10.2. The van der Waals surface area contributed by atoms with E-state index in [1.807, 2.05) is 0 Å². The second-order valence-electron chi connectivity index (χ2n) is 3.08. The summed E-state index contributed by atoms with van der Waals surface area (Å²) in [4.78, 5) is 5.48. The van der Waals surface area contributed by atoms with E-state index in [2.05, 4.69) is 39.1 Å². The lowest BCUT2D eigenvalue weighted by Gasteiger charge is -2.10. The quantitative estimate of drug-likeness (QED) is 0.869. The molecule has 0 bridgehead atoms. The Morgan fingerprint density at radius 3 is 3.14 bits per heavy atom. The van der Waals surface area contributed by atoms with Gasteiger partial charge in [0.15, 0.2) is 0 Å². The van der Waals surface area contributed by atoms with E-state index in [9.17, 15) is 0 Å². The van der Waals surface area contributed by atoms with Gasteiger partial charge in [-0.1, -0.05) is 6.07 Å². The number of anilines is 1. The zero-order valence-electron chi connectivity index (χ0n) is 7.80. The SMILES string of the molecule is CC(Cc1cccs1)Nc1ncns1. The molecule has 1 N–H and O–H groups in total. The number of nitrogens with zero attached hydrogens (tertiary/aromatic N) is 2. The minimum atomic E-state index is 0.404. The van der Waals surface area contributed by atoms with Gasteiger partial charge in [-0.3, -0.25) is 0 Å². The first-order chi connectivity index (χ1) is 6.84. The van der Waals surface area contributed by atoms with Gasteiger partial charge in [0.25, 0.3) is 0 Å². The molecule has 14 heavy (non-hydrogen) atoms. The third kappa shape index (κ3) is 2.52. The van der Waals surface area contributed by atoms with Crippen molar-refractivity contribution in [1.82, 2.24) is 9.36 Å². The van der Waals surface area contributed by atoms with Gasteiger partial charge in [0.1, 0.15) is 6.33 Å². The maximum atomic E-state index is 4.09. The van der Waals surface area contributed by atoms with Crippen molar-refractivity contribution in [3.8, 4) is 0 Å². The van der Waals surface area contributed by atoms with Crippen LogP contribution in [-0.2, 0) is 6.42 Å². The molecule has 0 saturated heterocycles. The summed E-state index contributed by atoms with van der Waals surface area (Å²) in [5.74, 6) is 0. The van der Waals surface area contributed by atoms with Crippen LogP contribution in [0, 0.1) is 0 Å². The Morgan fingerprint density at radius 2 is 2.50 bits per heavy atom. The van der Waals surface area contributed by atoms with Gasteiger partial charge in [0.05, 0.1) is 0 Å². The van der Waals surface area contributed by atoms with Gasteiger partial charge in [-0.25, -0.2) is 4.98 Å². The standard InChI is InChI=1S/C9H11N3S2/c1-7(5-8-3-2-4-13-8)12-9-10-6-11-14-9/h2-4,6-7H,5H2,1H3,(H,10,11,12). The molecule has 2 heterocycles. The molecule has 74 valence electrons. The number of nitrogens with one attached hydrogen (secondary N) is 1. The first-order valence-corrected chi connectivity index (χ1v) is 6.05. The summed E-state index contributed by atoms with van der Waals surface area (Å²) in [6, 6.07) is 4.64. The Hall–Kier alpha value is -0.940. The average Bonchev–Trinajstić information content (AvgIpc) is 2.76. The van der Waals surface area contributed by atoms with Crippen LogP contribution in [0.1, 0.15) is 11.8 Å². The maximum Gasteiger partial charge on any atom is 0.202 e. The van der Waals surface area contributed by atoms with E-state index in [1.54, 1.807) is 17.7 Å². The molecule has 0 saturated carbocycles. The van der Waals surface area contributed by atoms with Gasteiger partial charge in [-0.15, -0.1) is 11.3 Å². The number of rotatable bonds is 4. The molecule has 5 heteroatoms. The summed E-state index contributed by atoms with van der Waals surface area (Å²) in [7, 11) is 0. The van der Waals surface area contributed by atoms with Crippen LogP contribution in [0.2, 0.25) is 0 Å². The van der Waals surface area contributed by atoms with Crippen molar-refractivity contribution in [2.75, 3.05) is 5.32 Å². The minimum absolute atomic E-state index is 0.404. The summed E-state index contributed by atoms with van der Waals surface area (Å²) in [6.07, 6.45) is 2.61. The van der Waals surface area contributed by atoms with Crippen LogP contribution in [0.25, 0.3) is 0 Å². The molecular weight excluding hydrogens is 214 g/mol. The van der Waals surface area contributed by atoms with Gasteiger partial charge >= 0.3 is 0 Å². The number of hydrogen-bond donors (Lipinski definition) is 1. The highest BCUT2D eigenvalue weighted by Crippen LogP contribution is 2.14. The third-order valence-electron chi connectivity index (χ3n) is 1.82. The predicted octanol–water partition coefficient (Wildman–Crippen LogP) is 2.64. The van der Waals surface area contributed by atoms with E-state index in [4.69, 9.17) is 0 Å². The van der Waals surface area contributed by atoms with Crippen LogP contribution in [0.3, 0.4) is 0 Å². The highest BCUT2D eigenvalue weighted by atomic mass is 32.1. The van der Waals surface area contributed by atoms with Crippen molar-refractivity contribution in [2.24, 2.45) is 0 Å². The van der Waals surface area contributed by atoms with Gasteiger partial charge in [-0.05, 0) is 18.4 Å². The highest BCUT2D eigenvalue weighted by Gasteiger charge is 2.05. The Balaban J connectivity index is 1.88. The van der Waals surface area contributed by atoms with Crippen molar-refractivity contribution >= 4 is 28.0 Å². The molecule has 0 aromatic carbocycles. The average molecular weight is 225 g/mol. The number of thiophene rings is 1. The van der Waals surface area contributed by atoms with Crippen LogP contribution < -0.4 is 5.32 Å². The normalized spacial score (nSPS) is 12.6. The fourth-order valence-corrected chi connectivity index (χ4v) is 2.61. The highest BCUT2D eigenvalue weighted by molar-refractivity contribution is 7.10. The van der Waals surface area contributed by atoms with E-state index in [0.29, 0.717) is 6.04 Å². The van der Waals surface area contributed by atoms with Crippen molar-refractivity contribution in [2.45, 2.75) is 19.4 Å². The van der Waals surface area contributed by atoms with Crippen LogP contribution >= 0.6 is 22.9 Å². The molecule has 2 aromatic rings. The van der Waals surface area contributed by atoms with Crippen molar-refractivity contribution in [3.05, 3.63) is 28.7 Å². The van der Waals surface area contributed by atoms with Gasteiger partial charge < -0.3 is 5.32 Å². The summed E-state index contributed by atoms with van der Waals surface area (Å²) in [5, 5.41) is 6.31. The smallest absolute Gasteiger partial charge is 0.202 e. The Morgan fingerprint density at radius 1 is 1.57 bits per heavy atom. The van der Waals surface area contributed by atoms with Crippen molar-refractivity contribution < 1.29 is 0 Å². The van der Waals surface area contributed by atoms with Crippen molar-refractivity contribution in [1.29, 1.82) is 0 Å². The van der Waals surface area contributed by atoms with E-state index in [1.165, 1.54) is 16.4 Å². The number of hydrogen-bond acceptors (Lipinski definition) is 5. The van der Waals surface area contributed by atoms with Gasteiger partial charge in [0, 0.05) is 28.9 Å². The second-order valence-corrected chi connectivity index (χ2v) is 4.89. The van der Waals surface area contributed by atoms with Crippen LogP contribution in [0.15, 0.2) is 23.8 Å². The minimum Gasteiger partial charge on any atom is -0.357 e. The fourth-order valence-electron chi connectivity index (χ4n) is 1.23. The molecule has 0 fully saturated rings. The van der Waals surface area contributed by atoms with Crippen molar-refractivity contribution in [3.63, 3.8) is 0 Å². The molecule has 1 unspecified atom stereocenters. The van der Waals surface area contributed by atoms with E-state index in [-0.39, 0.29) is 0 Å². The molecule has 1 atom stereocenters. The predicted molar refractivity (Wildman–Crippen MR) is 61.0 cm³/mol. The molecule has 0 radical (unpaired) electrons. The molecule has 0 spiro atoms. The van der Waals surface area contributed by atoms with Gasteiger partial charge in [0.2, 0.25) is 5.13 Å². The molecule has 2 aromatic heterocycles. The van der Waals surface area contributed by atoms with E-state index >= 15 is 0 Å². The molecule has 0 aliphatic rings. The monoisotopic (exact) mass is 225 g/mol. The number of aromatic nitrogens is 2. The Kier molecular flexibility index (Phi) is 3.10. The summed E-state index contributed by atoms with van der Waals surface area (Å²) in [5.41, 5.74) is 0. The molecule has 0 aliphatic carbocycles. The fraction of sp³-hybridized carbons (Fsp3) is 0.333. The molecule has 2 rings (SSSR count). The topological polar surface area (TPSA) is 37.8 Å². The zero-order valence-corrected chi connectivity index (χ0v) is 9.44. The van der Waals surface area contributed by atoms with E-state index in [0.717, 1.165) is 11.6 Å².